The van der Waals surface area contributed by atoms with E-state index in [9.17, 15) is 5.11 Å². The average Bonchev–Trinajstić information content (AvgIpc) is 2.22. The van der Waals surface area contributed by atoms with Gasteiger partial charge in [-0.1, -0.05) is 19.4 Å². The van der Waals surface area contributed by atoms with Gasteiger partial charge < -0.3 is 9.84 Å². The topological polar surface area (TPSA) is 29.5 Å². The molecule has 0 unspecified atom stereocenters. The van der Waals surface area contributed by atoms with Crippen LogP contribution in [0.15, 0.2) is 18.1 Å². The van der Waals surface area contributed by atoms with Gasteiger partial charge in [-0.05, 0) is 24.1 Å². The van der Waals surface area contributed by atoms with E-state index in [1.165, 1.54) is 7.11 Å². The molecular formula is C10H14O2. The van der Waals surface area contributed by atoms with Crippen LogP contribution in [0.1, 0.15) is 23.0 Å². The van der Waals surface area contributed by atoms with Gasteiger partial charge in [-0.25, -0.2) is 0 Å². The Balaban J connectivity index is 3.45. The maximum atomic E-state index is 9.50. The van der Waals surface area contributed by atoms with Crippen LogP contribution in [0.4, 0.5) is 0 Å². The first-order valence-corrected chi connectivity index (χ1v) is 3.90. The van der Waals surface area contributed by atoms with Crippen LogP contribution in [0, 0.1) is 0 Å². The van der Waals surface area contributed by atoms with Gasteiger partial charge in [0.25, 0.3) is 0 Å². The van der Waals surface area contributed by atoms with Gasteiger partial charge in [0.05, 0.1) is 11.2 Å². The van der Waals surface area contributed by atoms with Crippen molar-refractivity contribution in [2.45, 2.75) is 19.8 Å². The van der Waals surface area contributed by atoms with E-state index in [2.05, 4.69) is 0 Å². The molecular weight excluding hydrogens is 152 g/mol. The molecule has 0 amide bonds. The second kappa shape index (κ2) is 4.00. The smallest absolute Gasteiger partial charge is 0.160 e. The van der Waals surface area contributed by atoms with E-state index in [1.54, 1.807) is 0 Å². The highest BCUT2D eigenvalue weighted by Crippen LogP contribution is 2.26. The fraction of sp³-hybridized carbons (Fsp3) is 0.400. The molecule has 2 nitrogen and oxygen atoms in total. The molecule has 0 saturated heterocycles. The molecule has 0 bridgehead atoms. The molecule has 0 aliphatic carbocycles. The van der Waals surface area contributed by atoms with Crippen molar-refractivity contribution in [1.82, 2.24) is 0 Å². The molecule has 2 heteroatoms. The van der Waals surface area contributed by atoms with Gasteiger partial charge in [0.15, 0.2) is 11.5 Å². The Kier molecular flexibility index (Phi) is 1.82. The zero-order chi connectivity index (χ0) is 11.6. The summed E-state index contributed by atoms with van der Waals surface area (Å²) in [7, 11) is 1.34. The molecule has 0 fully saturated rings. The molecule has 1 rings (SSSR count). The largest absolute Gasteiger partial charge is 0.504 e. The lowest BCUT2D eigenvalue weighted by Crippen LogP contribution is -1.87. The normalized spacial score (nSPS) is 13.3. The quantitative estimate of drug-likeness (QED) is 0.752. The minimum Gasteiger partial charge on any atom is -0.504 e. The predicted molar refractivity (Wildman–Crippen MR) is 48.7 cm³/mol. The van der Waals surface area contributed by atoms with E-state index in [1.807, 2.05) is 6.92 Å². The van der Waals surface area contributed by atoms with Crippen LogP contribution in [0.2, 0.25) is 0 Å². The summed E-state index contributed by atoms with van der Waals surface area (Å²) in [5, 5.41) is 9.50. The highest BCUT2D eigenvalue weighted by Gasteiger charge is 2.00. The predicted octanol–water partition coefficient (Wildman–Crippen LogP) is 2.35. The third kappa shape index (κ3) is 1.91. The lowest BCUT2D eigenvalue weighted by Gasteiger charge is -2.05. The van der Waals surface area contributed by atoms with Crippen LogP contribution >= 0.6 is 0 Å². The van der Waals surface area contributed by atoms with Crippen molar-refractivity contribution >= 4 is 0 Å². The molecule has 0 radical (unpaired) electrons. The molecule has 0 spiro atoms. The summed E-state index contributed by atoms with van der Waals surface area (Å²) in [5.74, 6) is -0.438. The summed E-state index contributed by atoms with van der Waals surface area (Å²) in [6, 6.07) is -0.343. The van der Waals surface area contributed by atoms with E-state index in [4.69, 9.17) is 8.85 Å². The molecule has 12 heavy (non-hydrogen) atoms. The first-order valence-electron chi connectivity index (χ1n) is 5.40. The number of hydrogen-bond acceptors (Lipinski definition) is 2. The van der Waals surface area contributed by atoms with Gasteiger partial charge in [-0.15, -0.1) is 0 Å². The Morgan fingerprint density at radius 2 is 2.33 bits per heavy atom. The number of rotatable bonds is 3. The van der Waals surface area contributed by atoms with E-state index in [0.29, 0.717) is 12.0 Å². The summed E-state index contributed by atoms with van der Waals surface area (Å²) in [5.41, 5.74) is 0.456. The fourth-order valence-corrected chi connectivity index (χ4v) is 0.942. The third-order valence-electron chi connectivity index (χ3n) is 1.52. The molecule has 1 aromatic carbocycles. The van der Waals surface area contributed by atoms with Crippen molar-refractivity contribution in [1.29, 1.82) is 0 Å². The molecule has 0 heterocycles. The molecule has 0 atom stereocenters. The molecule has 0 saturated carbocycles. The van der Waals surface area contributed by atoms with E-state index >= 15 is 0 Å². The molecule has 0 aromatic heterocycles. The first-order chi connectivity index (χ1) is 7.04. The van der Waals surface area contributed by atoms with Crippen LogP contribution in [0.25, 0.3) is 0 Å². The third-order valence-corrected chi connectivity index (χ3v) is 1.52. The average molecular weight is 169 g/mol. The number of benzene rings is 1. The number of phenols is 1. The van der Waals surface area contributed by atoms with Crippen molar-refractivity contribution in [2.24, 2.45) is 0 Å². The molecule has 0 aliphatic heterocycles. The Hall–Kier alpha value is -1.18. The van der Waals surface area contributed by atoms with Gasteiger partial charge in [0, 0.05) is 0 Å². The number of hydrogen-bond donors (Lipinski definition) is 1. The first kappa shape index (κ1) is 5.46. The van der Waals surface area contributed by atoms with Crippen LogP contribution in [-0.2, 0) is 6.42 Å². The molecule has 1 aromatic rings. The van der Waals surface area contributed by atoms with Crippen molar-refractivity contribution in [3.8, 4) is 11.5 Å². The maximum absolute atomic E-state index is 9.50. The van der Waals surface area contributed by atoms with Crippen LogP contribution in [0.5, 0.6) is 11.5 Å². The number of ether oxygens (including phenoxy) is 1. The van der Waals surface area contributed by atoms with E-state index in [-0.39, 0.29) is 23.9 Å². The Morgan fingerprint density at radius 3 is 2.92 bits per heavy atom. The highest BCUT2D eigenvalue weighted by molar-refractivity contribution is 5.41. The lowest BCUT2D eigenvalue weighted by molar-refractivity contribution is 0.373. The lowest BCUT2D eigenvalue weighted by atomic mass is 10.1. The van der Waals surface area contributed by atoms with Crippen molar-refractivity contribution in [2.75, 3.05) is 7.11 Å². The zero-order valence-corrected chi connectivity index (χ0v) is 7.27. The zero-order valence-electron chi connectivity index (χ0n) is 10.3. The summed E-state index contributed by atoms with van der Waals surface area (Å²) in [4.78, 5) is 0. The Labute approximate surface area is 77.0 Å². The number of methoxy groups -OCH3 is 1. The van der Waals surface area contributed by atoms with Gasteiger partial charge >= 0.3 is 0 Å². The second-order valence-corrected chi connectivity index (χ2v) is 2.49. The number of phenolic OH excluding ortho intramolecular Hbond substituents is 1. The molecule has 0 aliphatic rings. The van der Waals surface area contributed by atoms with E-state index < -0.39 is 5.75 Å². The SMILES string of the molecule is [2H]c1c([2H])c(CCC)c([2H])c(OC)c1O. The van der Waals surface area contributed by atoms with E-state index in [0.717, 1.165) is 6.42 Å². The minimum atomic E-state index is -0.424. The summed E-state index contributed by atoms with van der Waals surface area (Å²) < 4.78 is 27.7. The minimum absolute atomic E-state index is 0.0119. The number of aromatic hydroxyl groups is 1. The van der Waals surface area contributed by atoms with Gasteiger partial charge in [0.1, 0.15) is 0 Å². The molecule has 1 N–H and O–H groups in total. The van der Waals surface area contributed by atoms with Crippen molar-refractivity contribution in [3.05, 3.63) is 23.7 Å². The summed E-state index contributed by atoms with van der Waals surface area (Å²) in [6.07, 6.45) is 1.32. The van der Waals surface area contributed by atoms with Crippen LogP contribution in [-0.4, -0.2) is 12.2 Å². The standard InChI is InChI=1S/C10H14O2/c1-3-4-8-5-6-9(11)10(7-8)12-2/h5-7,11H,3-4H2,1-2H3/i5D,6D,7D. The van der Waals surface area contributed by atoms with Gasteiger partial charge in [-0.3, -0.25) is 0 Å². The van der Waals surface area contributed by atoms with Gasteiger partial charge in [-0.2, -0.15) is 0 Å². The van der Waals surface area contributed by atoms with Crippen molar-refractivity contribution < 1.29 is 14.0 Å². The molecule has 66 valence electrons. The summed E-state index contributed by atoms with van der Waals surface area (Å²) >= 11 is 0. The second-order valence-electron chi connectivity index (χ2n) is 2.49. The van der Waals surface area contributed by atoms with Crippen LogP contribution in [0.3, 0.4) is 0 Å². The fourth-order valence-electron chi connectivity index (χ4n) is 0.942. The Bertz CT molecular complexity index is 378. The van der Waals surface area contributed by atoms with Crippen molar-refractivity contribution in [3.63, 3.8) is 0 Å². The highest BCUT2D eigenvalue weighted by atomic mass is 16.5. The Morgan fingerprint density at radius 1 is 1.58 bits per heavy atom. The monoisotopic (exact) mass is 169 g/mol. The van der Waals surface area contributed by atoms with Gasteiger partial charge in [0.2, 0.25) is 0 Å². The summed E-state index contributed by atoms with van der Waals surface area (Å²) in [6.45, 7) is 1.93. The van der Waals surface area contributed by atoms with Crippen LogP contribution < -0.4 is 4.74 Å². The maximum Gasteiger partial charge on any atom is 0.160 e.